The highest BCUT2D eigenvalue weighted by atomic mass is 35.5. The van der Waals surface area contributed by atoms with Gasteiger partial charge in [-0.2, -0.15) is 0 Å². The van der Waals surface area contributed by atoms with Crippen LogP contribution in [0.5, 0.6) is 0 Å². The van der Waals surface area contributed by atoms with Crippen molar-refractivity contribution in [3.8, 4) is 0 Å². The topological polar surface area (TPSA) is 61.4 Å². The number of amides is 2. The van der Waals surface area contributed by atoms with E-state index in [0.29, 0.717) is 18.1 Å². The molecule has 0 bridgehead atoms. The van der Waals surface area contributed by atoms with E-state index >= 15 is 0 Å². The fraction of sp³-hybridized carbons (Fsp3) is 0.364. The molecule has 1 unspecified atom stereocenters. The van der Waals surface area contributed by atoms with Crippen molar-refractivity contribution in [1.29, 1.82) is 0 Å². The molecule has 0 heterocycles. The summed E-state index contributed by atoms with van der Waals surface area (Å²) in [4.78, 5) is 27.0. The standard InChI is InChI=1S/C22H28ClN3O2/c1-4-13-26(15-21(27)25-20-12-8-5-9-16(20)2)17(3)22(28)24-14-18-10-6-7-11-19(18)23/h5-12,17H,4,13-15H2,1-3H3,(H,24,28)(H,25,27). The fourth-order valence-corrected chi connectivity index (χ4v) is 3.12. The van der Waals surface area contributed by atoms with Crippen LogP contribution < -0.4 is 10.6 Å². The molecule has 2 amide bonds. The molecule has 0 fully saturated rings. The first-order chi connectivity index (χ1) is 13.4. The van der Waals surface area contributed by atoms with Crippen molar-refractivity contribution in [2.45, 2.75) is 39.8 Å². The van der Waals surface area contributed by atoms with Crippen LogP contribution in [-0.2, 0) is 16.1 Å². The maximum absolute atomic E-state index is 12.6. The van der Waals surface area contributed by atoms with Crippen molar-refractivity contribution in [3.63, 3.8) is 0 Å². The molecule has 28 heavy (non-hydrogen) atoms. The van der Waals surface area contributed by atoms with Crippen LogP contribution in [0, 0.1) is 6.92 Å². The molecular formula is C22H28ClN3O2. The van der Waals surface area contributed by atoms with Crippen molar-refractivity contribution in [2.24, 2.45) is 0 Å². The van der Waals surface area contributed by atoms with Gasteiger partial charge in [0.2, 0.25) is 11.8 Å². The molecule has 0 aromatic heterocycles. The summed E-state index contributed by atoms with van der Waals surface area (Å²) in [5.41, 5.74) is 2.66. The lowest BCUT2D eigenvalue weighted by molar-refractivity contribution is -0.127. The third-order valence-corrected chi connectivity index (χ3v) is 4.98. The Morgan fingerprint density at radius 2 is 1.79 bits per heavy atom. The first kappa shape index (κ1) is 21.9. The molecular weight excluding hydrogens is 374 g/mol. The summed E-state index contributed by atoms with van der Waals surface area (Å²) < 4.78 is 0. The van der Waals surface area contributed by atoms with Crippen LogP contribution in [0.3, 0.4) is 0 Å². The molecule has 0 radical (unpaired) electrons. The fourth-order valence-electron chi connectivity index (χ4n) is 2.92. The number of rotatable bonds is 9. The second kappa shape index (κ2) is 10.8. The zero-order valence-corrected chi connectivity index (χ0v) is 17.4. The maximum atomic E-state index is 12.6. The van der Waals surface area contributed by atoms with Gasteiger partial charge in [-0.15, -0.1) is 0 Å². The second-order valence-electron chi connectivity index (χ2n) is 6.82. The highest BCUT2D eigenvalue weighted by Crippen LogP contribution is 2.15. The number of hydrogen-bond donors (Lipinski definition) is 2. The van der Waals surface area contributed by atoms with Crippen molar-refractivity contribution in [2.75, 3.05) is 18.4 Å². The average molecular weight is 402 g/mol. The Hall–Kier alpha value is -2.37. The largest absolute Gasteiger partial charge is 0.351 e. The molecule has 2 rings (SSSR count). The van der Waals surface area contributed by atoms with E-state index in [1.165, 1.54) is 0 Å². The van der Waals surface area contributed by atoms with Gasteiger partial charge < -0.3 is 10.6 Å². The number of nitrogens with zero attached hydrogens (tertiary/aromatic N) is 1. The molecule has 0 aliphatic heterocycles. The quantitative estimate of drug-likeness (QED) is 0.667. The predicted molar refractivity (Wildman–Crippen MR) is 114 cm³/mol. The summed E-state index contributed by atoms with van der Waals surface area (Å²) in [7, 11) is 0. The van der Waals surface area contributed by atoms with Gasteiger partial charge in [-0.05, 0) is 50.1 Å². The van der Waals surface area contributed by atoms with Gasteiger partial charge in [-0.3, -0.25) is 14.5 Å². The number of anilines is 1. The highest BCUT2D eigenvalue weighted by Gasteiger charge is 2.23. The van der Waals surface area contributed by atoms with Crippen molar-refractivity contribution < 1.29 is 9.59 Å². The summed E-state index contributed by atoms with van der Waals surface area (Å²) in [5.74, 6) is -0.259. The predicted octanol–water partition coefficient (Wildman–Crippen LogP) is 4.00. The van der Waals surface area contributed by atoms with E-state index in [2.05, 4.69) is 10.6 Å². The third-order valence-electron chi connectivity index (χ3n) is 4.61. The van der Waals surface area contributed by atoms with Gasteiger partial charge >= 0.3 is 0 Å². The normalized spacial score (nSPS) is 11.9. The molecule has 1 atom stereocenters. The van der Waals surface area contributed by atoms with E-state index in [-0.39, 0.29) is 18.4 Å². The maximum Gasteiger partial charge on any atom is 0.238 e. The van der Waals surface area contributed by atoms with E-state index in [4.69, 9.17) is 11.6 Å². The molecule has 2 aromatic carbocycles. The van der Waals surface area contributed by atoms with Crippen LogP contribution in [0.2, 0.25) is 5.02 Å². The Balaban J connectivity index is 1.95. The minimum Gasteiger partial charge on any atom is -0.351 e. The van der Waals surface area contributed by atoms with Crippen LogP contribution in [0.25, 0.3) is 0 Å². The van der Waals surface area contributed by atoms with Gasteiger partial charge in [0.05, 0.1) is 12.6 Å². The number of halogens is 1. The van der Waals surface area contributed by atoms with Gasteiger partial charge in [0.15, 0.2) is 0 Å². The monoisotopic (exact) mass is 401 g/mol. The number of benzene rings is 2. The lowest BCUT2D eigenvalue weighted by Gasteiger charge is -2.27. The van der Waals surface area contributed by atoms with Crippen LogP contribution in [-0.4, -0.2) is 35.8 Å². The number of aryl methyl sites for hydroxylation is 1. The Bertz CT molecular complexity index is 810. The molecule has 0 aliphatic rings. The minimum atomic E-state index is -0.426. The molecule has 150 valence electrons. The summed E-state index contributed by atoms with van der Waals surface area (Å²) >= 11 is 6.14. The average Bonchev–Trinajstić information content (AvgIpc) is 2.68. The van der Waals surface area contributed by atoms with Crippen molar-refractivity contribution in [1.82, 2.24) is 10.2 Å². The second-order valence-corrected chi connectivity index (χ2v) is 7.23. The molecule has 0 spiro atoms. The lowest BCUT2D eigenvalue weighted by atomic mass is 10.2. The van der Waals surface area contributed by atoms with Gasteiger partial charge in [-0.25, -0.2) is 0 Å². The molecule has 0 saturated carbocycles. The summed E-state index contributed by atoms with van der Waals surface area (Å²) in [6, 6.07) is 14.6. The number of carbonyl (C=O) groups is 2. The molecule has 2 aromatic rings. The molecule has 5 nitrogen and oxygen atoms in total. The molecule has 0 aliphatic carbocycles. The van der Waals surface area contributed by atoms with E-state index in [0.717, 1.165) is 23.2 Å². The molecule has 6 heteroatoms. The van der Waals surface area contributed by atoms with E-state index in [1.807, 2.05) is 68.1 Å². The Morgan fingerprint density at radius 3 is 2.46 bits per heavy atom. The van der Waals surface area contributed by atoms with Gasteiger partial charge in [0.25, 0.3) is 0 Å². The Labute approximate surface area is 172 Å². The lowest BCUT2D eigenvalue weighted by Crippen LogP contribution is -2.48. The zero-order valence-electron chi connectivity index (χ0n) is 16.7. The Kier molecular flexibility index (Phi) is 8.48. The summed E-state index contributed by atoms with van der Waals surface area (Å²) in [6.07, 6.45) is 0.847. The van der Waals surface area contributed by atoms with Crippen molar-refractivity contribution in [3.05, 3.63) is 64.7 Å². The van der Waals surface area contributed by atoms with Crippen LogP contribution in [0.4, 0.5) is 5.69 Å². The van der Waals surface area contributed by atoms with Crippen LogP contribution in [0.15, 0.2) is 48.5 Å². The zero-order chi connectivity index (χ0) is 20.5. The SMILES string of the molecule is CCCN(CC(=O)Nc1ccccc1C)C(C)C(=O)NCc1ccccc1Cl. The molecule has 2 N–H and O–H groups in total. The first-order valence-electron chi connectivity index (χ1n) is 9.53. The van der Waals surface area contributed by atoms with Crippen LogP contribution >= 0.6 is 11.6 Å². The van der Waals surface area contributed by atoms with Gasteiger partial charge in [0, 0.05) is 17.3 Å². The van der Waals surface area contributed by atoms with E-state index in [1.54, 1.807) is 6.07 Å². The number of hydrogen-bond acceptors (Lipinski definition) is 3. The number of carbonyl (C=O) groups excluding carboxylic acids is 2. The number of nitrogens with one attached hydrogen (secondary N) is 2. The van der Waals surface area contributed by atoms with Gasteiger partial charge in [-0.1, -0.05) is 54.9 Å². The van der Waals surface area contributed by atoms with Gasteiger partial charge in [0.1, 0.15) is 0 Å². The number of para-hydroxylation sites is 1. The van der Waals surface area contributed by atoms with Crippen LogP contribution in [0.1, 0.15) is 31.4 Å². The Morgan fingerprint density at radius 1 is 1.11 bits per heavy atom. The summed E-state index contributed by atoms with van der Waals surface area (Å²) in [6.45, 7) is 6.96. The third kappa shape index (κ3) is 6.36. The van der Waals surface area contributed by atoms with Crippen molar-refractivity contribution >= 4 is 29.1 Å². The summed E-state index contributed by atoms with van der Waals surface area (Å²) in [5, 5.41) is 6.47. The van der Waals surface area contributed by atoms with E-state index in [9.17, 15) is 9.59 Å². The minimum absolute atomic E-state index is 0.128. The van der Waals surface area contributed by atoms with E-state index < -0.39 is 6.04 Å². The smallest absolute Gasteiger partial charge is 0.238 e. The first-order valence-corrected chi connectivity index (χ1v) is 9.90. The molecule has 0 saturated heterocycles. The highest BCUT2D eigenvalue weighted by molar-refractivity contribution is 6.31.